The average molecular weight is 346 g/mol. The Kier molecular flexibility index (Phi) is 5.27. The van der Waals surface area contributed by atoms with E-state index in [0.29, 0.717) is 11.6 Å². The molecule has 1 aromatic carbocycles. The van der Waals surface area contributed by atoms with Crippen LogP contribution in [-0.4, -0.2) is 53.5 Å². The number of piperazine rings is 1. The van der Waals surface area contributed by atoms with Gasteiger partial charge in [0.25, 0.3) is 0 Å². The van der Waals surface area contributed by atoms with E-state index in [2.05, 4.69) is 25.1 Å². The minimum absolute atomic E-state index is 0.0105. The first-order valence-corrected chi connectivity index (χ1v) is 8.29. The van der Waals surface area contributed by atoms with E-state index in [-0.39, 0.29) is 5.91 Å². The van der Waals surface area contributed by atoms with E-state index in [1.165, 1.54) is 0 Å². The molecule has 0 aliphatic carbocycles. The maximum atomic E-state index is 12.1. The van der Waals surface area contributed by atoms with Gasteiger partial charge in [-0.25, -0.2) is 9.97 Å². The number of benzene rings is 1. The van der Waals surface area contributed by atoms with Gasteiger partial charge in [-0.2, -0.15) is 0 Å². The molecule has 24 heavy (non-hydrogen) atoms. The molecule has 2 heterocycles. The van der Waals surface area contributed by atoms with E-state index in [9.17, 15) is 4.79 Å². The summed E-state index contributed by atoms with van der Waals surface area (Å²) in [6.07, 6.45) is 1.59. The molecule has 3 rings (SSSR count). The Bertz CT molecular complexity index is 698. The topological polar surface area (TPSA) is 61.4 Å². The fourth-order valence-electron chi connectivity index (χ4n) is 2.69. The Labute approximate surface area is 146 Å². The number of amides is 1. The molecule has 1 N–H and O–H groups in total. The molecule has 0 bridgehead atoms. The second-order valence-electron chi connectivity index (χ2n) is 5.84. The van der Waals surface area contributed by atoms with Gasteiger partial charge in [0.1, 0.15) is 12.1 Å². The molecule has 1 fully saturated rings. The van der Waals surface area contributed by atoms with Crippen molar-refractivity contribution in [3.63, 3.8) is 0 Å². The van der Waals surface area contributed by atoms with Crippen molar-refractivity contribution in [3.8, 4) is 0 Å². The zero-order valence-corrected chi connectivity index (χ0v) is 14.3. The fraction of sp³-hybridized carbons (Fsp3) is 0.353. The number of nitrogens with zero attached hydrogens (tertiary/aromatic N) is 4. The van der Waals surface area contributed by atoms with E-state index in [1.807, 2.05) is 13.0 Å². The SMILES string of the molecule is Cc1cc(N2CCN(CC(=O)Nc3ccc(Cl)cc3)CC2)ncn1. The average Bonchev–Trinajstić information content (AvgIpc) is 2.58. The second kappa shape index (κ2) is 7.59. The van der Waals surface area contributed by atoms with Crippen LogP contribution in [0.15, 0.2) is 36.7 Å². The molecule has 1 amide bonds. The Morgan fingerprint density at radius 3 is 2.54 bits per heavy atom. The van der Waals surface area contributed by atoms with Crippen LogP contribution in [0.3, 0.4) is 0 Å². The van der Waals surface area contributed by atoms with Crippen LogP contribution in [0.1, 0.15) is 5.69 Å². The molecule has 1 aliphatic heterocycles. The van der Waals surface area contributed by atoms with E-state index in [1.54, 1.807) is 30.6 Å². The maximum absolute atomic E-state index is 12.1. The first kappa shape index (κ1) is 16.7. The maximum Gasteiger partial charge on any atom is 0.238 e. The van der Waals surface area contributed by atoms with Crippen LogP contribution in [0.25, 0.3) is 0 Å². The predicted octanol–water partition coefficient (Wildman–Crippen LogP) is 2.20. The number of anilines is 2. The van der Waals surface area contributed by atoms with Gasteiger partial charge in [-0.05, 0) is 31.2 Å². The molecular formula is C17H20ClN5O. The van der Waals surface area contributed by atoms with Crippen molar-refractivity contribution >= 4 is 29.0 Å². The Hall–Kier alpha value is -2.18. The minimum Gasteiger partial charge on any atom is -0.354 e. The molecule has 6 nitrogen and oxygen atoms in total. The van der Waals surface area contributed by atoms with Gasteiger partial charge in [0.15, 0.2) is 0 Å². The number of carbonyl (C=O) groups is 1. The molecular weight excluding hydrogens is 326 g/mol. The van der Waals surface area contributed by atoms with Crippen LogP contribution in [0.5, 0.6) is 0 Å². The molecule has 2 aromatic rings. The molecule has 7 heteroatoms. The Balaban J connectivity index is 1.48. The highest BCUT2D eigenvalue weighted by atomic mass is 35.5. The van der Waals surface area contributed by atoms with Gasteiger partial charge in [-0.15, -0.1) is 0 Å². The third kappa shape index (κ3) is 4.43. The summed E-state index contributed by atoms with van der Waals surface area (Å²) in [5.41, 5.74) is 1.73. The van der Waals surface area contributed by atoms with Gasteiger partial charge >= 0.3 is 0 Å². The highest BCUT2D eigenvalue weighted by molar-refractivity contribution is 6.30. The summed E-state index contributed by atoms with van der Waals surface area (Å²) in [4.78, 5) is 25.0. The lowest BCUT2D eigenvalue weighted by Gasteiger charge is -2.35. The van der Waals surface area contributed by atoms with E-state index in [4.69, 9.17) is 11.6 Å². The van der Waals surface area contributed by atoms with Crippen LogP contribution in [0, 0.1) is 6.92 Å². The third-order valence-corrected chi connectivity index (χ3v) is 4.23. The molecule has 126 valence electrons. The Morgan fingerprint density at radius 1 is 1.17 bits per heavy atom. The van der Waals surface area contributed by atoms with Crippen molar-refractivity contribution in [2.75, 3.05) is 42.9 Å². The number of hydrogen-bond acceptors (Lipinski definition) is 5. The third-order valence-electron chi connectivity index (χ3n) is 3.98. The summed E-state index contributed by atoms with van der Waals surface area (Å²) in [5.74, 6) is 0.941. The predicted molar refractivity (Wildman–Crippen MR) is 95.5 cm³/mol. The van der Waals surface area contributed by atoms with Gasteiger partial charge in [0.2, 0.25) is 5.91 Å². The van der Waals surface area contributed by atoms with Crippen LogP contribution in [0.2, 0.25) is 5.02 Å². The zero-order chi connectivity index (χ0) is 16.9. The van der Waals surface area contributed by atoms with E-state index < -0.39 is 0 Å². The summed E-state index contributed by atoms with van der Waals surface area (Å²) in [6.45, 7) is 5.71. The lowest BCUT2D eigenvalue weighted by molar-refractivity contribution is -0.117. The molecule has 1 aromatic heterocycles. The van der Waals surface area contributed by atoms with Gasteiger partial charge in [0, 0.05) is 48.6 Å². The fourth-order valence-corrected chi connectivity index (χ4v) is 2.81. The number of carbonyl (C=O) groups excluding carboxylic acids is 1. The highest BCUT2D eigenvalue weighted by Gasteiger charge is 2.20. The van der Waals surface area contributed by atoms with Crippen LogP contribution < -0.4 is 10.2 Å². The van der Waals surface area contributed by atoms with Crippen molar-refractivity contribution in [1.29, 1.82) is 0 Å². The first-order chi connectivity index (χ1) is 11.6. The number of hydrogen-bond donors (Lipinski definition) is 1. The van der Waals surface area contributed by atoms with Crippen molar-refractivity contribution in [1.82, 2.24) is 14.9 Å². The molecule has 1 aliphatic rings. The van der Waals surface area contributed by atoms with Gasteiger partial charge in [-0.1, -0.05) is 11.6 Å². The second-order valence-corrected chi connectivity index (χ2v) is 6.27. The van der Waals surface area contributed by atoms with Crippen LogP contribution >= 0.6 is 11.6 Å². The standard InChI is InChI=1S/C17H20ClN5O/c1-13-10-16(20-12-19-13)23-8-6-22(7-9-23)11-17(24)21-15-4-2-14(18)3-5-15/h2-5,10,12H,6-9,11H2,1H3,(H,21,24). The van der Waals surface area contributed by atoms with Crippen LogP contribution in [0.4, 0.5) is 11.5 Å². The number of aryl methyl sites for hydroxylation is 1. The summed E-state index contributed by atoms with van der Waals surface area (Å²) in [5, 5.41) is 3.55. The quantitative estimate of drug-likeness (QED) is 0.920. The summed E-state index contributed by atoms with van der Waals surface area (Å²) in [6, 6.07) is 9.12. The van der Waals surface area contributed by atoms with Gasteiger partial charge < -0.3 is 10.2 Å². The van der Waals surface area contributed by atoms with Crippen molar-refractivity contribution in [3.05, 3.63) is 47.4 Å². The molecule has 0 saturated carbocycles. The van der Waals surface area contributed by atoms with E-state index >= 15 is 0 Å². The molecule has 1 saturated heterocycles. The van der Waals surface area contributed by atoms with Crippen molar-refractivity contribution < 1.29 is 4.79 Å². The van der Waals surface area contributed by atoms with Gasteiger partial charge in [-0.3, -0.25) is 9.69 Å². The molecule has 0 radical (unpaired) electrons. The smallest absolute Gasteiger partial charge is 0.238 e. The minimum atomic E-state index is -0.0105. The number of aromatic nitrogens is 2. The summed E-state index contributed by atoms with van der Waals surface area (Å²) >= 11 is 5.84. The number of halogens is 1. The van der Waals surface area contributed by atoms with Crippen molar-refractivity contribution in [2.45, 2.75) is 6.92 Å². The number of nitrogens with one attached hydrogen (secondary N) is 1. The van der Waals surface area contributed by atoms with Gasteiger partial charge in [0.05, 0.1) is 6.54 Å². The normalized spacial score (nSPS) is 15.3. The molecule has 0 atom stereocenters. The Morgan fingerprint density at radius 2 is 1.88 bits per heavy atom. The largest absolute Gasteiger partial charge is 0.354 e. The lowest BCUT2D eigenvalue weighted by Crippen LogP contribution is -2.49. The summed E-state index contributed by atoms with van der Waals surface area (Å²) in [7, 11) is 0. The zero-order valence-electron chi connectivity index (χ0n) is 13.6. The van der Waals surface area contributed by atoms with Crippen molar-refractivity contribution in [2.24, 2.45) is 0 Å². The number of rotatable bonds is 4. The highest BCUT2D eigenvalue weighted by Crippen LogP contribution is 2.15. The first-order valence-electron chi connectivity index (χ1n) is 7.91. The van der Waals surface area contributed by atoms with Crippen LogP contribution in [-0.2, 0) is 4.79 Å². The molecule has 0 spiro atoms. The molecule has 0 unspecified atom stereocenters. The summed E-state index contributed by atoms with van der Waals surface area (Å²) < 4.78 is 0. The monoisotopic (exact) mass is 345 g/mol. The van der Waals surface area contributed by atoms with E-state index in [0.717, 1.165) is 43.4 Å². The lowest BCUT2D eigenvalue weighted by atomic mass is 10.3.